The van der Waals surface area contributed by atoms with Gasteiger partial charge in [0.05, 0.1) is 18.8 Å². The van der Waals surface area contributed by atoms with Crippen LogP contribution in [0.3, 0.4) is 0 Å². The molecule has 5 heteroatoms. The zero-order chi connectivity index (χ0) is 18.1. The monoisotopic (exact) mass is 355 g/mol. The topological polar surface area (TPSA) is 49.8 Å². The fourth-order valence-corrected chi connectivity index (χ4v) is 4.09. The van der Waals surface area contributed by atoms with Crippen molar-refractivity contribution in [3.8, 4) is 11.1 Å². The van der Waals surface area contributed by atoms with Crippen LogP contribution < -0.4 is 0 Å². The Bertz CT molecular complexity index is 792. The lowest BCUT2D eigenvalue weighted by Gasteiger charge is -2.37. The number of carbonyl (C=O) groups excluding carboxylic acids is 1. The summed E-state index contributed by atoms with van der Waals surface area (Å²) < 4.78 is 19.2. The van der Waals surface area contributed by atoms with E-state index in [1.165, 1.54) is 12.1 Å². The van der Waals surface area contributed by atoms with E-state index in [0.717, 1.165) is 24.0 Å². The van der Waals surface area contributed by atoms with Gasteiger partial charge in [-0.2, -0.15) is 0 Å². The molecule has 0 spiro atoms. The van der Waals surface area contributed by atoms with Crippen molar-refractivity contribution >= 4 is 5.91 Å². The van der Waals surface area contributed by atoms with Gasteiger partial charge in [0.25, 0.3) is 5.91 Å². The van der Waals surface area contributed by atoms with Gasteiger partial charge in [-0.1, -0.05) is 24.3 Å². The highest BCUT2D eigenvalue weighted by atomic mass is 19.1. The summed E-state index contributed by atoms with van der Waals surface area (Å²) in [5.41, 5.74) is 2.29. The van der Waals surface area contributed by atoms with E-state index in [1.807, 2.05) is 23.1 Å². The molecule has 4 nitrogen and oxygen atoms in total. The number of halogens is 1. The molecular formula is C21H22FNO3. The van der Waals surface area contributed by atoms with Crippen molar-refractivity contribution in [3.63, 3.8) is 0 Å². The number of hydrogen-bond acceptors (Lipinski definition) is 3. The lowest BCUT2D eigenvalue weighted by Crippen LogP contribution is -2.51. The Kier molecular flexibility index (Phi) is 4.74. The fraction of sp³-hybridized carbons (Fsp3) is 0.381. The third-order valence-corrected chi connectivity index (χ3v) is 5.44. The summed E-state index contributed by atoms with van der Waals surface area (Å²) in [6.07, 6.45) is 1.62. The van der Waals surface area contributed by atoms with E-state index >= 15 is 0 Å². The molecule has 26 heavy (non-hydrogen) atoms. The minimum Gasteiger partial charge on any atom is -0.396 e. The molecule has 3 atom stereocenters. The van der Waals surface area contributed by atoms with E-state index in [2.05, 4.69) is 0 Å². The van der Waals surface area contributed by atoms with E-state index in [-0.39, 0.29) is 36.4 Å². The summed E-state index contributed by atoms with van der Waals surface area (Å²) in [6, 6.07) is 13.8. The van der Waals surface area contributed by atoms with Crippen molar-refractivity contribution in [2.24, 2.45) is 5.92 Å². The van der Waals surface area contributed by atoms with Crippen molar-refractivity contribution in [2.45, 2.75) is 25.0 Å². The summed E-state index contributed by atoms with van der Waals surface area (Å²) in [7, 11) is 0. The van der Waals surface area contributed by atoms with Crippen LogP contribution in [-0.2, 0) is 4.74 Å². The van der Waals surface area contributed by atoms with Crippen LogP contribution in [0.4, 0.5) is 4.39 Å². The van der Waals surface area contributed by atoms with Crippen molar-refractivity contribution in [1.29, 1.82) is 0 Å². The average Bonchev–Trinajstić information content (AvgIpc) is 3.11. The summed E-state index contributed by atoms with van der Waals surface area (Å²) in [6.45, 7) is 1.25. The third-order valence-electron chi connectivity index (χ3n) is 5.44. The molecule has 2 fully saturated rings. The molecule has 4 rings (SSSR count). The van der Waals surface area contributed by atoms with Gasteiger partial charge in [0.2, 0.25) is 0 Å². The second-order valence-corrected chi connectivity index (χ2v) is 7.08. The van der Waals surface area contributed by atoms with Gasteiger partial charge in [0, 0.05) is 18.7 Å². The average molecular weight is 355 g/mol. The zero-order valence-electron chi connectivity index (χ0n) is 14.5. The van der Waals surface area contributed by atoms with Gasteiger partial charge >= 0.3 is 0 Å². The molecule has 1 unspecified atom stereocenters. The first-order valence-corrected chi connectivity index (χ1v) is 9.05. The van der Waals surface area contributed by atoms with Gasteiger partial charge < -0.3 is 14.7 Å². The number of aliphatic hydroxyl groups is 1. The molecule has 1 saturated heterocycles. The predicted octanol–water partition coefficient (Wildman–Crippen LogP) is 3.10. The molecular weight excluding hydrogens is 333 g/mol. The molecule has 2 aromatic carbocycles. The Morgan fingerprint density at radius 1 is 1.15 bits per heavy atom. The highest BCUT2D eigenvalue weighted by molar-refractivity contribution is 5.95. The highest BCUT2D eigenvalue weighted by Crippen LogP contribution is 2.34. The standard InChI is InChI=1S/C21H22FNO3/c22-18-3-1-2-17(12-18)15-4-6-16(7-5-15)21(25)23-8-9-26-20-11-14(13-24)10-19(20)23/h1-7,12,14,19-20,24H,8-11,13H2/t14-,19+,20?/m1/s1. The predicted molar refractivity (Wildman–Crippen MR) is 96.2 cm³/mol. The maximum absolute atomic E-state index is 13.4. The summed E-state index contributed by atoms with van der Waals surface area (Å²) >= 11 is 0. The van der Waals surface area contributed by atoms with Gasteiger partial charge in [-0.25, -0.2) is 4.39 Å². The number of aliphatic hydroxyl groups excluding tert-OH is 1. The molecule has 1 aliphatic carbocycles. The lowest BCUT2D eigenvalue weighted by molar-refractivity contribution is -0.0448. The largest absolute Gasteiger partial charge is 0.396 e. The third kappa shape index (κ3) is 3.24. The summed E-state index contributed by atoms with van der Waals surface area (Å²) in [5, 5.41) is 9.43. The second kappa shape index (κ2) is 7.17. The molecule has 0 bridgehead atoms. The normalized spacial score (nSPS) is 25.2. The molecule has 1 amide bonds. The highest BCUT2D eigenvalue weighted by Gasteiger charge is 2.42. The molecule has 1 aliphatic heterocycles. The number of carbonyl (C=O) groups is 1. The van der Waals surface area contributed by atoms with E-state index in [4.69, 9.17) is 4.74 Å². The number of ether oxygens (including phenoxy) is 1. The van der Waals surface area contributed by atoms with Crippen LogP contribution >= 0.6 is 0 Å². The molecule has 1 heterocycles. The number of amides is 1. The van der Waals surface area contributed by atoms with Gasteiger partial charge in [0.15, 0.2) is 0 Å². The number of nitrogens with zero attached hydrogens (tertiary/aromatic N) is 1. The number of benzene rings is 2. The molecule has 1 N–H and O–H groups in total. The maximum Gasteiger partial charge on any atom is 0.254 e. The van der Waals surface area contributed by atoms with Crippen LogP contribution in [0.15, 0.2) is 48.5 Å². The van der Waals surface area contributed by atoms with Crippen LogP contribution in [0.25, 0.3) is 11.1 Å². The first-order valence-electron chi connectivity index (χ1n) is 9.05. The Morgan fingerprint density at radius 2 is 1.96 bits per heavy atom. The molecule has 136 valence electrons. The van der Waals surface area contributed by atoms with Crippen molar-refractivity contribution in [3.05, 3.63) is 59.9 Å². The van der Waals surface area contributed by atoms with Crippen LogP contribution in [0.1, 0.15) is 23.2 Å². The quantitative estimate of drug-likeness (QED) is 0.920. The molecule has 2 aliphatic rings. The Balaban J connectivity index is 1.53. The zero-order valence-corrected chi connectivity index (χ0v) is 14.5. The Hall–Kier alpha value is -2.24. The maximum atomic E-state index is 13.4. The van der Waals surface area contributed by atoms with Crippen LogP contribution in [0.2, 0.25) is 0 Å². The Labute approximate surface area is 152 Å². The first-order chi connectivity index (χ1) is 12.7. The minimum atomic E-state index is -0.276. The fourth-order valence-electron chi connectivity index (χ4n) is 4.09. The van der Waals surface area contributed by atoms with Crippen molar-refractivity contribution in [2.75, 3.05) is 19.8 Å². The van der Waals surface area contributed by atoms with Gasteiger partial charge in [-0.3, -0.25) is 4.79 Å². The number of rotatable bonds is 3. The number of morpholine rings is 1. The second-order valence-electron chi connectivity index (χ2n) is 7.08. The smallest absolute Gasteiger partial charge is 0.254 e. The Morgan fingerprint density at radius 3 is 2.69 bits per heavy atom. The van der Waals surface area contributed by atoms with Gasteiger partial charge in [0.1, 0.15) is 5.82 Å². The minimum absolute atomic E-state index is 0.00678. The number of fused-ring (bicyclic) bond motifs is 1. The molecule has 0 aromatic heterocycles. The SMILES string of the molecule is O=C(c1ccc(-c2cccc(F)c2)cc1)N1CCOC2C[C@H](CO)C[C@@H]21. The van der Waals surface area contributed by atoms with Gasteiger partial charge in [-0.15, -0.1) is 0 Å². The van der Waals surface area contributed by atoms with Gasteiger partial charge in [-0.05, 0) is 54.2 Å². The lowest BCUT2D eigenvalue weighted by atomic mass is 10.0. The van der Waals surface area contributed by atoms with Crippen LogP contribution in [-0.4, -0.2) is 47.8 Å². The van der Waals surface area contributed by atoms with E-state index in [1.54, 1.807) is 18.2 Å². The van der Waals surface area contributed by atoms with E-state index in [9.17, 15) is 14.3 Å². The van der Waals surface area contributed by atoms with E-state index < -0.39 is 0 Å². The van der Waals surface area contributed by atoms with Crippen LogP contribution in [0, 0.1) is 11.7 Å². The van der Waals surface area contributed by atoms with E-state index in [0.29, 0.717) is 18.7 Å². The first kappa shape index (κ1) is 17.2. The molecule has 1 saturated carbocycles. The molecule has 2 aromatic rings. The number of hydrogen-bond donors (Lipinski definition) is 1. The van der Waals surface area contributed by atoms with Crippen molar-refractivity contribution < 1.29 is 19.0 Å². The van der Waals surface area contributed by atoms with Crippen LogP contribution in [0.5, 0.6) is 0 Å². The van der Waals surface area contributed by atoms with Crippen molar-refractivity contribution in [1.82, 2.24) is 4.90 Å². The molecule has 0 radical (unpaired) electrons. The summed E-state index contributed by atoms with van der Waals surface area (Å²) in [4.78, 5) is 14.9. The summed E-state index contributed by atoms with van der Waals surface area (Å²) in [5.74, 6) is -0.0804.